The molecule has 0 radical (unpaired) electrons. The lowest BCUT2D eigenvalue weighted by Gasteiger charge is -2.04. The zero-order chi connectivity index (χ0) is 14.9. The number of hydrogen-bond acceptors (Lipinski definition) is 2. The second-order valence-electron chi connectivity index (χ2n) is 4.72. The van der Waals surface area contributed by atoms with Crippen molar-refractivity contribution in [1.29, 1.82) is 0 Å². The van der Waals surface area contributed by atoms with Crippen molar-refractivity contribution in [1.82, 2.24) is 15.1 Å². The van der Waals surface area contributed by atoms with Crippen molar-refractivity contribution in [2.45, 2.75) is 26.2 Å². The van der Waals surface area contributed by atoms with Crippen molar-refractivity contribution in [3.05, 3.63) is 54.1 Å². The predicted octanol–water partition coefficient (Wildman–Crippen LogP) is 2.84. The molecule has 1 N–H and O–H groups in total. The van der Waals surface area contributed by atoms with Crippen LogP contribution in [0.1, 0.15) is 26.2 Å². The van der Waals surface area contributed by atoms with E-state index in [1.165, 1.54) is 12.8 Å². The summed E-state index contributed by atoms with van der Waals surface area (Å²) in [5.41, 5.74) is 1.02. The highest BCUT2D eigenvalue weighted by Gasteiger charge is 1.95. The number of aromatic nitrogens is 2. The summed E-state index contributed by atoms with van der Waals surface area (Å²) in [4.78, 5) is 4.34. The maximum atomic E-state index is 5.20. The molecule has 0 bridgehead atoms. The highest BCUT2D eigenvalue weighted by molar-refractivity contribution is 7.80. The van der Waals surface area contributed by atoms with E-state index >= 15 is 0 Å². The van der Waals surface area contributed by atoms with E-state index in [0.717, 1.165) is 24.0 Å². The molecule has 0 amide bonds. The molecule has 0 fully saturated rings. The van der Waals surface area contributed by atoms with Gasteiger partial charge in [0.25, 0.3) is 0 Å². The first-order valence-corrected chi connectivity index (χ1v) is 7.63. The van der Waals surface area contributed by atoms with Gasteiger partial charge in [0.2, 0.25) is 0 Å². The molecule has 21 heavy (non-hydrogen) atoms. The summed E-state index contributed by atoms with van der Waals surface area (Å²) < 4.78 is 1.80. The van der Waals surface area contributed by atoms with Crippen molar-refractivity contribution < 1.29 is 0 Å². The van der Waals surface area contributed by atoms with E-state index in [9.17, 15) is 0 Å². The largest absolute Gasteiger partial charge is 0.361 e. The number of rotatable bonds is 5. The first kappa shape index (κ1) is 15.4. The van der Waals surface area contributed by atoms with Crippen LogP contribution in [-0.2, 0) is 0 Å². The number of para-hydroxylation sites is 1. The zero-order valence-corrected chi connectivity index (χ0v) is 13.0. The molecule has 0 aliphatic heterocycles. The van der Waals surface area contributed by atoms with Gasteiger partial charge in [-0.3, -0.25) is 0 Å². The lowest BCUT2D eigenvalue weighted by atomic mass is 10.2. The fraction of sp³-hybridized carbons (Fsp3) is 0.312. The van der Waals surface area contributed by atoms with Crippen molar-refractivity contribution in [3.8, 4) is 5.69 Å². The highest BCUT2D eigenvalue weighted by atomic mass is 32.1. The summed E-state index contributed by atoms with van der Waals surface area (Å²) in [6.07, 6.45) is 7.13. The molecular weight excluding hydrogens is 280 g/mol. The Morgan fingerprint density at radius 2 is 2.05 bits per heavy atom. The van der Waals surface area contributed by atoms with Crippen molar-refractivity contribution >= 4 is 17.3 Å². The Morgan fingerprint density at radius 1 is 1.24 bits per heavy atom. The molecule has 4 nitrogen and oxygen atoms in total. The van der Waals surface area contributed by atoms with Crippen LogP contribution in [0.25, 0.3) is 5.69 Å². The molecule has 1 heterocycles. The van der Waals surface area contributed by atoms with E-state index < -0.39 is 0 Å². The SMILES string of the molecule is CCCCCNC(=S)/N=c1/ccn(-c2ccccc2)nc1. The molecule has 0 spiro atoms. The van der Waals surface area contributed by atoms with Gasteiger partial charge in [0.15, 0.2) is 5.11 Å². The lowest BCUT2D eigenvalue weighted by molar-refractivity contribution is 0.696. The maximum absolute atomic E-state index is 5.20. The van der Waals surface area contributed by atoms with Gasteiger partial charge in [-0.05, 0) is 36.8 Å². The Morgan fingerprint density at radius 3 is 2.71 bits per heavy atom. The number of unbranched alkanes of at least 4 members (excludes halogenated alkanes) is 2. The second-order valence-corrected chi connectivity index (χ2v) is 5.10. The molecule has 0 aliphatic carbocycles. The Labute approximate surface area is 130 Å². The normalized spacial score (nSPS) is 11.4. The van der Waals surface area contributed by atoms with Gasteiger partial charge in [-0.2, -0.15) is 5.10 Å². The highest BCUT2D eigenvalue weighted by Crippen LogP contribution is 2.02. The molecular formula is C16H20N4S. The molecule has 0 aliphatic rings. The average molecular weight is 300 g/mol. The summed E-state index contributed by atoms with van der Waals surface area (Å²) >= 11 is 5.20. The van der Waals surface area contributed by atoms with E-state index in [0.29, 0.717) is 5.11 Å². The summed E-state index contributed by atoms with van der Waals surface area (Å²) in [6.45, 7) is 3.06. The molecule has 2 rings (SSSR count). The minimum atomic E-state index is 0.519. The van der Waals surface area contributed by atoms with Crippen LogP contribution in [0.15, 0.2) is 53.8 Å². The van der Waals surface area contributed by atoms with E-state index in [1.807, 2.05) is 42.6 Å². The topological polar surface area (TPSA) is 42.2 Å². The molecule has 5 heteroatoms. The number of hydrogen-bond donors (Lipinski definition) is 1. The van der Waals surface area contributed by atoms with Crippen LogP contribution in [0.5, 0.6) is 0 Å². The summed E-state index contributed by atoms with van der Waals surface area (Å²) in [7, 11) is 0. The molecule has 1 aromatic carbocycles. The van der Waals surface area contributed by atoms with Crippen LogP contribution in [0.4, 0.5) is 0 Å². The van der Waals surface area contributed by atoms with E-state index in [4.69, 9.17) is 12.2 Å². The molecule has 0 saturated heterocycles. The third kappa shape index (κ3) is 5.11. The van der Waals surface area contributed by atoms with E-state index in [-0.39, 0.29) is 0 Å². The fourth-order valence-electron chi connectivity index (χ4n) is 1.88. The molecule has 2 aromatic rings. The van der Waals surface area contributed by atoms with Crippen molar-refractivity contribution in [2.24, 2.45) is 4.99 Å². The molecule has 0 unspecified atom stereocenters. The van der Waals surface area contributed by atoms with Crippen LogP contribution in [-0.4, -0.2) is 21.4 Å². The number of benzene rings is 1. The van der Waals surface area contributed by atoms with Gasteiger partial charge in [0, 0.05) is 12.7 Å². The summed E-state index contributed by atoms with van der Waals surface area (Å²) in [5, 5.41) is 8.77. The number of thiocarbonyl (C=S) groups is 1. The smallest absolute Gasteiger partial charge is 0.193 e. The van der Waals surface area contributed by atoms with Gasteiger partial charge in [-0.1, -0.05) is 38.0 Å². The summed E-state index contributed by atoms with van der Waals surface area (Å²) in [5.74, 6) is 0. The second kappa shape index (κ2) is 8.32. The van der Waals surface area contributed by atoms with Gasteiger partial charge >= 0.3 is 0 Å². The Bertz CT molecular complexity index is 614. The first-order chi connectivity index (χ1) is 10.3. The molecule has 0 atom stereocenters. The fourth-order valence-corrected chi connectivity index (χ4v) is 2.08. The quantitative estimate of drug-likeness (QED) is 0.682. The van der Waals surface area contributed by atoms with Gasteiger partial charge in [-0.25, -0.2) is 9.67 Å². The van der Waals surface area contributed by atoms with Crippen LogP contribution in [0, 0.1) is 0 Å². The average Bonchev–Trinajstić information content (AvgIpc) is 2.53. The predicted molar refractivity (Wildman–Crippen MR) is 89.3 cm³/mol. The first-order valence-electron chi connectivity index (χ1n) is 7.22. The van der Waals surface area contributed by atoms with Crippen LogP contribution in [0.2, 0.25) is 0 Å². The van der Waals surface area contributed by atoms with Crippen LogP contribution < -0.4 is 10.7 Å². The van der Waals surface area contributed by atoms with Crippen LogP contribution >= 0.6 is 12.2 Å². The minimum absolute atomic E-state index is 0.519. The number of nitrogens with one attached hydrogen (secondary N) is 1. The van der Waals surface area contributed by atoms with Crippen molar-refractivity contribution in [2.75, 3.05) is 6.54 Å². The van der Waals surface area contributed by atoms with Gasteiger partial charge < -0.3 is 5.32 Å². The minimum Gasteiger partial charge on any atom is -0.361 e. The van der Waals surface area contributed by atoms with Crippen molar-refractivity contribution in [3.63, 3.8) is 0 Å². The third-order valence-corrected chi connectivity index (χ3v) is 3.24. The number of nitrogens with zero attached hydrogens (tertiary/aromatic N) is 3. The Balaban J connectivity index is 1.98. The van der Waals surface area contributed by atoms with E-state index in [2.05, 4.69) is 22.3 Å². The summed E-state index contributed by atoms with van der Waals surface area (Å²) in [6, 6.07) is 11.9. The van der Waals surface area contributed by atoms with Gasteiger partial charge in [0.1, 0.15) is 0 Å². The lowest BCUT2D eigenvalue weighted by Crippen LogP contribution is -2.23. The van der Waals surface area contributed by atoms with Gasteiger partial charge in [-0.15, -0.1) is 0 Å². The molecule has 1 aromatic heterocycles. The van der Waals surface area contributed by atoms with Crippen LogP contribution in [0.3, 0.4) is 0 Å². The van der Waals surface area contributed by atoms with E-state index in [1.54, 1.807) is 10.9 Å². The molecule has 110 valence electrons. The maximum Gasteiger partial charge on any atom is 0.193 e. The van der Waals surface area contributed by atoms with Gasteiger partial charge in [0.05, 0.1) is 17.2 Å². The Kier molecular flexibility index (Phi) is 6.09. The standard InChI is InChI=1S/C16H20N4S/c1-2-3-7-11-17-16(21)19-14-10-12-20(18-13-14)15-8-5-4-6-9-15/h4-6,8-10,12-13H,2-3,7,11H2,1H3,(H,17,21)/b19-14-. The molecule has 0 saturated carbocycles. The zero-order valence-electron chi connectivity index (χ0n) is 12.2. The Hall–Kier alpha value is -2.01. The third-order valence-electron chi connectivity index (χ3n) is 3.01. The monoisotopic (exact) mass is 300 g/mol.